The van der Waals surface area contributed by atoms with Crippen LogP contribution in [0.1, 0.15) is 18.4 Å². The number of nitrogens with zero attached hydrogens (tertiary/aromatic N) is 1. The van der Waals surface area contributed by atoms with Crippen molar-refractivity contribution in [3.05, 3.63) is 39.5 Å². The highest BCUT2D eigenvalue weighted by molar-refractivity contribution is 6.42. The van der Waals surface area contributed by atoms with Gasteiger partial charge in [-0.2, -0.15) is 0 Å². The molecular formula is C14H13Cl2NO. The van der Waals surface area contributed by atoms with Crippen molar-refractivity contribution in [3.63, 3.8) is 0 Å². The molecule has 2 nitrogen and oxygen atoms in total. The summed E-state index contributed by atoms with van der Waals surface area (Å²) in [6.07, 6.45) is 3.85. The molecule has 0 aliphatic carbocycles. The van der Waals surface area contributed by atoms with E-state index in [9.17, 15) is 4.79 Å². The average molecular weight is 282 g/mol. The first kappa shape index (κ1) is 12.1. The SMILES string of the molecule is O=C1C(=Cc2cccc(Cl)c2Cl)N2CCC1CC2. The predicted octanol–water partition coefficient (Wildman–Crippen LogP) is 3.63. The molecule has 2 bridgehead atoms. The lowest BCUT2D eigenvalue weighted by Gasteiger charge is -2.41. The Morgan fingerprint density at radius 2 is 1.94 bits per heavy atom. The van der Waals surface area contributed by atoms with Crippen LogP contribution in [-0.4, -0.2) is 23.8 Å². The third kappa shape index (κ3) is 1.94. The topological polar surface area (TPSA) is 20.3 Å². The summed E-state index contributed by atoms with van der Waals surface area (Å²) in [4.78, 5) is 14.4. The third-order valence-corrected chi connectivity index (χ3v) is 4.57. The van der Waals surface area contributed by atoms with E-state index in [4.69, 9.17) is 23.2 Å². The lowest BCUT2D eigenvalue weighted by molar-refractivity contribution is -0.125. The minimum atomic E-state index is 0.208. The molecule has 3 heterocycles. The molecule has 0 radical (unpaired) electrons. The van der Waals surface area contributed by atoms with E-state index in [1.807, 2.05) is 18.2 Å². The van der Waals surface area contributed by atoms with Crippen molar-refractivity contribution in [1.29, 1.82) is 0 Å². The van der Waals surface area contributed by atoms with Crippen molar-refractivity contribution in [2.24, 2.45) is 5.92 Å². The number of ketones is 1. The number of fused-ring (bicyclic) bond motifs is 3. The lowest BCUT2D eigenvalue weighted by atomic mass is 9.84. The number of benzene rings is 1. The molecule has 94 valence electrons. The fourth-order valence-electron chi connectivity index (χ4n) is 2.69. The fourth-order valence-corrected chi connectivity index (χ4v) is 3.05. The molecule has 4 rings (SSSR count). The number of halogens is 2. The first-order valence-electron chi connectivity index (χ1n) is 6.11. The van der Waals surface area contributed by atoms with Gasteiger partial charge in [0.2, 0.25) is 0 Å². The van der Waals surface area contributed by atoms with Gasteiger partial charge < -0.3 is 4.90 Å². The van der Waals surface area contributed by atoms with Crippen molar-refractivity contribution in [2.45, 2.75) is 12.8 Å². The number of Topliss-reactive ketones (excluding diaryl/α,β-unsaturated/α-hetero) is 1. The van der Waals surface area contributed by atoms with Crippen molar-refractivity contribution < 1.29 is 4.79 Å². The van der Waals surface area contributed by atoms with E-state index in [2.05, 4.69) is 4.90 Å². The van der Waals surface area contributed by atoms with Crippen LogP contribution < -0.4 is 0 Å². The fraction of sp³-hybridized carbons (Fsp3) is 0.357. The number of allylic oxidation sites excluding steroid dienone is 1. The molecule has 3 aliphatic heterocycles. The highest BCUT2D eigenvalue weighted by Crippen LogP contribution is 2.34. The molecule has 4 heteroatoms. The van der Waals surface area contributed by atoms with E-state index in [-0.39, 0.29) is 11.7 Å². The van der Waals surface area contributed by atoms with Gasteiger partial charge in [0.1, 0.15) is 0 Å². The van der Waals surface area contributed by atoms with Crippen molar-refractivity contribution >= 4 is 35.1 Å². The van der Waals surface area contributed by atoms with Crippen LogP contribution in [-0.2, 0) is 4.79 Å². The van der Waals surface area contributed by atoms with Crippen LogP contribution in [0.15, 0.2) is 23.9 Å². The van der Waals surface area contributed by atoms with E-state index in [1.165, 1.54) is 0 Å². The van der Waals surface area contributed by atoms with Gasteiger partial charge in [-0.1, -0.05) is 35.3 Å². The Morgan fingerprint density at radius 1 is 1.22 bits per heavy atom. The lowest BCUT2D eigenvalue weighted by Crippen LogP contribution is -2.45. The normalized spacial score (nSPS) is 22.0. The molecule has 0 unspecified atom stereocenters. The van der Waals surface area contributed by atoms with Gasteiger partial charge >= 0.3 is 0 Å². The minimum Gasteiger partial charge on any atom is -0.369 e. The third-order valence-electron chi connectivity index (χ3n) is 3.73. The average Bonchev–Trinajstić information content (AvgIpc) is 2.39. The van der Waals surface area contributed by atoms with Gasteiger partial charge in [0.15, 0.2) is 5.78 Å². The maximum atomic E-state index is 12.2. The van der Waals surface area contributed by atoms with Crippen LogP contribution in [0.4, 0.5) is 0 Å². The minimum absolute atomic E-state index is 0.208. The summed E-state index contributed by atoms with van der Waals surface area (Å²) in [5.74, 6) is 0.461. The summed E-state index contributed by atoms with van der Waals surface area (Å²) in [5, 5.41) is 1.04. The second-order valence-electron chi connectivity index (χ2n) is 4.80. The summed E-state index contributed by atoms with van der Waals surface area (Å²) in [6, 6.07) is 5.49. The summed E-state index contributed by atoms with van der Waals surface area (Å²) >= 11 is 12.1. The van der Waals surface area contributed by atoms with Crippen LogP contribution in [0.2, 0.25) is 10.0 Å². The highest BCUT2D eigenvalue weighted by atomic mass is 35.5. The molecular weight excluding hydrogens is 269 g/mol. The molecule has 3 saturated heterocycles. The van der Waals surface area contributed by atoms with Crippen LogP contribution in [0.25, 0.3) is 6.08 Å². The zero-order valence-corrected chi connectivity index (χ0v) is 11.3. The van der Waals surface area contributed by atoms with E-state index in [1.54, 1.807) is 6.07 Å². The van der Waals surface area contributed by atoms with Gasteiger partial charge in [-0.3, -0.25) is 4.79 Å². The van der Waals surface area contributed by atoms with Crippen molar-refractivity contribution in [3.8, 4) is 0 Å². The van der Waals surface area contributed by atoms with Gasteiger partial charge in [0.05, 0.1) is 15.7 Å². The van der Waals surface area contributed by atoms with Crippen molar-refractivity contribution in [1.82, 2.24) is 4.90 Å². The summed E-state index contributed by atoms with van der Waals surface area (Å²) in [7, 11) is 0. The summed E-state index contributed by atoms with van der Waals surface area (Å²) in [5.41, 5.74) is 1.61. The number of hydrogen-bond acceptors (Lipinski definition) is 2. The first-order valence-corrected chi connectivity index (χ1v) is 6.87. The maximum Gasteiger partial charge on any atom is 0.182 e. The molecule has 3 fully saturated rings. The van der Waals surface area contributed by atoms with Crippen LogP contribution >= 0.6 is 23.2 Å². The van der Waals surface area contributed by atoms with Gasteiger partial charge in [-0.15, -0.1) is 0 Å². The Morgan fingerprint density at radius 3 is 2.61 bits per heavy atom. The Hall–Kier alpha value is -0.990. The van der Waals surface area contributed by atoms with E-state index >= 15 is 0 Å². The summed E-state index contributed by atoms with van der Waals surface area (Å²) < 4.78 is 0. The zero-order valence-electron chi connectivity index (χ0n) is 9.83. The monoisotopic (exact) mass is 281 g/mol. The zero-order chi connectivity index (χ0) is 12.7. The maximum absolute atomic E-state index is 12.2. The summed E-state index contributed by atoms with van der Waals surface area (Å²) in [6.45, 7) is 1.95. The largest absolute Gasteiger partial charge is 0.369 e. The van der Waals surface area contributed by atoms with E-state index in [0.29, 0.717) is 10.0 Å². The second kappa shape index (κ2) is 4.60. The molecule has 3 aliphatic rings. The first-order chi connectivity index (χ1) is 8.66. The quantitative estimate of drug-likeness (QED) is 0.733. The van der Waals surface area contributed by atoms with Crippen LogP contribution in [0.3, 0.4) is 0 Å². The number of piperidine rings is 3. The molecule has 0 N–H and O–H groups in total. The van der Waals surface area contributed by atoms with Gasteiger partial charge in [-0.25, -0.2) is 0 Å². The van der Waals surface area contributed by atoms with Gasteiger partial charge in [-0.05, 0) is 30.5 Å². The van der Waals surface area contributed by atoms with Crippen molar-refractivity contribution in [2.75, 3.05) is 13.1 Å². The highest BCUT2D eigenvalue weighted by Gasteiger charge is 2.36. The number of carbonyl (C=O) groups excluding carboxylic acids is 1. The molecule has 0 atom stereocenters. The Bertz CT molecular complexity index is 531. The smallest absolute Gasteiger partial charge is 0.182 e. The molecule has 0 amide bonds. The second-order valence-corrected chi connectivity index (χ2v) is 5.58. The molecule has 0 aromatic heterocycles. The molecule has 0 saturated carbocycles. The van der Waals surface area contributed by atoms with Gasteiger partial charge in [0, 0.05) is 19.0 Å². The standard InChI is InChI=1S/C14H13Cl2NO/c15-11-3-1-2-10(13(11)16)8-12-14(18)9-4-6-17(12)7-5-9/h1-3,8-9H,4-7H2. The van der Waals surface area contributed by atoms with E-state index in [0.717, 1.165) is 37.2 Å². The number of rotatable bonds is 1. The van der Waals surface area contributed by atoms with Gasteiger partial charge in [0.25, 0.3) is 0 Å². The molecule has 1 aromatic carbocycles. The Kier molecular flexibility index (Phi) is 3.08. The molecule has 18 heavy (non-hydrogen) atoms. The Balaban J connectivity index is 2.01. The number of carbonyl (C=O) groups is 1. The van der Waals surface area contributed by atoms with Crippen LogP contribution in [0, 0.1) is 5.92 Å². The Labute approximate surface area is 116 Å². The number of hydrogen-bond donors (Lipinski definition) is 0. The molecule has 0 spiro atoms. The van der Waals surface area contributed by atoms with E-state index < -0.39 is 0 Å². The predicted molar refractivity (Wildman–Crippen MR) is 73.7 cm³/mol. The van der Waals surface area contributed by atoms with Crippen LogP contribution in [0.5, 0.6) is 0 Å². The molecule has 1 aromatic rings.